The number of benzene rings is 20. The second-order valence-electron chi connectivity index (χ2n) is 35.8. The summed E-state index contributed by atoms with van der Waals surface area (Å²) in [7, 11) is 0. The Kier molecular flexibility index (Phi) is 19.7. The van der Waals surface area contributed by atoms with Crippen LogP contribution in [0.2, 0.25) is 0 Å². The van der Waals surface area contributed by atoms with E-state index >= 15 is 0 Å². The van der Waals surface area contributed by atoms with Gasteiger partial charge in [0.1, 0.15) is 0 Å². The zero-order valence-electron chi connectivity index (χ0n) is 74.7. The van der Waals surface area contributed by atoms with Crippen molar-refractivity contribution in [2.24, 2.45) is 0 Å². The van der Waals surface area contributed by atoms with Gasteiger partial charge in [-0.1, -0.05) is 341 Å². The standard InChI is InChI=1S/C45H30N2S.C44H27N3S.C38H24N2S/c1-45(2)36-26-31(22-23-33(36)35-24-29-10-3-4-11-30(29)25-37(35)45)44-43(46-38-14-6-7-15-39(38)47-44)28-20-18-27(19-21-28)32-13-9-17-41-42(32)34-12-5-8-16-40(34)48-41;1-2-11-31(12-3-1)47-38-18-8-4-13-33(38)34-26-25-30(27-39(34)47)44-43(45-36-16-6-7-17-37(36)46-44)29-23-21-28(22-24-29)32-15-10-20-41-42(32)35-14-5-9-19-40(35)48-41;1-2-11-25(12-3-1)37-38(40-33-20-6-5-19-32(33)39-37)29-16-9-14-27(24-29)26-13-8-15-28(23-26)30-18-10-22-35-36(30)31-17-4-7-21-34(31)41-35/h3-26H,1-2H3;1-27H;1-24H. The average molecular weight is 1800 g/mol. The van der Waals surface area contributed by atoms with Gasteiger partial charge in [0, 0.05) is 116 Å². The SMILES string of the molecule is CC1(C)c2cc(-c3nc4ccccc4nc3-c3ccc(-c4cccc5sc6ccccc6c45)cc3)ccc2-c2cc3ccccc3cc21.c1ccc(-c2nc3ccccc3nc2-c2cccc(-c3cccc(-c4cccc5sc6ccccc6c45)c3)c2)cc1.c1ccc(-n2c3ccccc3c3ccc(-c4nc5ccccc5nc4-c4ccc(-c5cccc6sc7ccccc7c56)cc4)cc32)cc1. The molecular formula is C127H81N7S3. The summed E-state index contributed by atoms with van der Waals surface area (Å²) in [5.74, 6) is 0. The summed E-state index contributed by atoms with van der Waals surface area (Å²) in [6.45, 7) is 4.69. The van der Waals surface area contributed by atoms with Gasteiger partial charge >= 0.3 is 0 Å². The van der Waals surface area contributed by atoms with Crippen LogP contribution in [-0.2, 0) is 5.41 Å². The molecule has 27 aromatic rings. The monoisotopic (exact) mass is 1800 g/mol. The molecule has 0 radical (unpaired) electrons. The lowest BCUT2D eigenvalue weighted by molar-refractivity contribution is 0.661. The van der Waals surface area contributed by atoms with E-state index in [1.54, 1.807) is 0 Å². The molecule has 7 aromatic heterocycles. The fraction of sp³-hybridized carbons (Fsp3) is 0.0236. The molecule has 0 spiro atoms. The van der Waals surface area contributed by atoms with Gasteiger partial charge in [-0.05, 0) is 205 Å². The van der Waals surface area contributed by atoms with E-state index in [1.807, 2.05) is 101 Å². The molecule has 10 heteroatoms. The summed E-state index contributed by atoms with van der Waals surface area (Å²) < 4.78 is 10.3. The molecule has 0 bridgehead atoms. The molecule has 1 aliphatic carbocycles. The lowest BCUT2D eigenvalue weighted by Crippen LogP contribution is -2.15. The van der Waals surface area contributed by atoms with Crippen molar-refractivity contribution in [1.29, 1.82) is 0 Å². The average Bonchev–Trinajstić information content (AvgIpc) is 1.56. The van der Waals surface area contributed by atoms with Gasteiger partial charge in [-0.15, -0.1) is 34.0 Å². The molecule has 0 aliphatic heterocycles. The van der Waals surface area contributed by atoms with Gasteiger partial charge in [0.05, 0.1) is 78.3 Å². The topological polar surface area (TPSA) is 82.3 Å². The van der Waals surface area contributed by atoms with Crippen LogP contribution in [0.5, 0.6) is 0 Å². The van der Waals surface area contributed by atoms with Crippen LogP contribution in [0.25, 0.3) is 255 Å². The van der Waals surface area contributed by atoms with Crippen molar-refractivity contribution in [2.75, 3.05) is 0 Å². The Morgan fingerprint density at radius 1 is 0.190 bits per heavy atom. The highest BCUT2D eigenvalue weighted by molar-refractivity contribution is 7.26. The number of thiophene rings is 3. The minimum Gasteiger partial charge on any atom is -0.309 e. The number of hydrogen-bond donors (Lipinski definition) is 0. The zero-order chi connectivity index (χ0) is 90.8. The third kappa shape index (κ3) is 14.2. The highest BCUT2D eigenvalue weighted by atomic mass is 32.1. The lowest BCUT2D eigenvalue weighted by atomic mass is 9.81. The Morgan fingerprint density at radius 3 is 0.993 bits per heavy atom. The smallest absolute Gasteiger partial charge is 0.0973 e. The summed E-state index contributed by atoms with van der Waals surface area (Å²) in [4.78, 5) is 31.2. The quantitative estimate of drug-likeness (QED) is 0.128. The molecule has 0 saturated heterocycles. The number of para-hydroxylation sites is 8. The molecule has 0 fully saturated rings. The minimum absolute atomic E-state index is 0.135. The van der Waals surface area contributed by atoms with Crippen LogP contribution < -0.4 is 0 Å². The van der Waals surface area contributed by atoms with E-state index < -0.39 is 0 Å². The molecule has 642 valence electrons. The number of nitrogens with zero attached hydrogens (tertiary/aromatic N) is 7. The zero-order valence-corrected chi connectivity index (χ0v) is 77.1. The van der Waals surface area contributed by atoms with Crippen LogP contribution in [-0.4, -0.2) is 34.5 Å². The predicted octanol–water partition coefficient (Wildman–Crippen LogP) is 35.2. The van der Waals surface area contributed by atoms with Crippen molar-refractivity contribution in [2.45, 2.75) is 19.3 Å². The molecule has 20 aromatic carbocycles. The third-order valence-electron chi connectivity index (χ3n) is 27.3. The second kappa shape index (κ2) is 33.4. The van der Waals surface area contributed by atoms with Crippen molar-refractivity contribution >= 4 is 160 Å². The first-order valence-corrected chi connectivity index (χ1v) is 48.9. The van der Waals surface area contributed by atoms with E-state index in [2.05, 4.69) is 407 Å². The van der Waals surface area contributed by atoms with E-state index in [1.165, 1.54) is 149 Å². The molecule has 0 unspecified atom stereocenters. The fourth-order valence-electron chi connectivity index (χ4n) is 20.7. The maximum Gasteiger partial charge on any atom is 0.0973 e. The normalized spacial score (nSPS) is 12.2. The van der Waals surface area contributed by atoms with Gasteiger partial charge in [0.2, 0.25) is 0 Å². The minimum atomic E-state index is -0.135. The molecule has 0 atom stereocenters. The Morgan fingerprint density at radius 2 is 0.504 bits per heavy atom. The first kappa shape index (κ1) is 81.0. The highest BCUT2D eigenvalue weighted by Crippen LogP contribution is 2.53. The Labute approximate surface area is 802 Å². The molecule has 28 rings (SSSR count). The molecule has 0 saturated carbocycles. The Bertz CT molecular complexity index is 9520. The van der Waals surface area contributed by atoms with E-state index in [4.69, 9.17) is 29.9 Å². The lowest BCUT2D eigenvalue weighted by Gasteiger charge is -2.22. The number of aromatic nitrogens is 7. The van der Waals surface area contributed by atoms with Crippen LogP contribution in [0, 0.1) is 0 Å². The van der Waals surface area contributed by atoms with Crippen LogP contribution >= 0.6 is 34.0 Å². The Balaban J connectivity index is 0.000000107. The summed E-state index contributed by atoms with van der Waals surface area (Å²) in [5.41, 5.74) is 35.4. The van der Waals surface area contributed by atoms with Crippen molar-refractivity contribution in [3.63, 3.8) is 0 Å². The van der Waals surface area contributed by atoms with E-state index in [0.29, 0.717) is 0 Å². The maximum atomic E-state index is 5.28. The summed E-state index contributed by atoms with van der Waals surface area (Å²) >= 11 is 5.57. The summed E-state index contributed by atoms with van der Waals surface area (Å²) in [6.07, 6.45) is 0. The van der Waals surface area contributed by atoms with Crippen molar-refractivity contribution in [3.05, 3.63) is 466 Å². The first-order chi connectivity index (χ1) is 67.6. The van der Waals surface area contributed by atoms with Crippen LogP contribution in [0.3, 0.4) is 0 Å². The van der Waals surface area contributed by atoms with Crippen LogP contribution in [0.15, 0.2) is 455 Å². The number of hydrogen-bond acceptors (Lipinski definition) is 9. The molecule has 137 heavy (non-hydrogen) atoms. The van der Waals surface area contributed by atoms with Gasteiger partial charge in [-0.2, -0.15) is 0 Å². The van der Waals surface area contributed by atoms with Crippen molar-refractivity contribution in [1.82, 2.24) is 34.5 Å². The molecule has 7 heterocycles. The third-order valence-corrected chi connectivity index (χ3v) is 30.7. The van der Waals surface area contributed by atoms with Gasteiger partial charge in [-0.3, -0.25) is 0 Å². The molecule has 1 aliphatic rings. The second-order valence-corrected chi connectivity index (χ2v) is 39.0. The summed E-state index contributed by atoms with van der Waals surface area (Å²) in [5, 5.41) is 12.9. The van der Waals surface area contributed by atoms with Gasteiger partial charge in [0.15, 0.2) is 0 Å². The number of rotatable bonds is 11. The maximum absolute atomic E-state index is 5.28. The Hall–Kier alpha value is -16.9. The van der Waals surface area contributed by atoms with Crippen LogP contribution in [0.1, 0.15) is 25.0 Å². The number of fused-ring (bicyclic) bond motifs is 19. The van der Waals surface area contributed by atoms with Crippen molar-refractivity contribution in [3.8, 4) is 129 Å². The summed E-state index contributed by atoms with van der Waals surface area (Å²) in [6, 6.07) is 162. The molecule has 0 N–H and O–H groups in total. The van der Waals surface area contributed by atoms with Gasteiger partial charge in [0.25, 0.3) is 0 Å². The highest BCUT2D eigenvalue weighted by Gasteiger charge is 2.37. The van der Waals surface area contributed by atoms with E-state index in [9.17, 15) is 0 Å². The largest absolute Gasteiger partial charge is 0.309 e. The fourth-order valence-corrected chi connectivity index (χ4v) is 24.1. The van der Waals surface area contributed by atoms with Gasteiger partial charge in [-0.25, -0.2) is 29.9 Å². The first-order valence-electron chi connectivity index (χ1n) is 46.4. The van der Waals surface area contributed by atoms with E-state index in [0.717, 1.165) is 117 Å². The van der Waals surface area contributed by atoms with Crippen molar-refractivity contribution < 1.29 is 0 Å². The molecular weight excluding hydrogens is 1720 g/mol. The van der Waals surface area contributed by atoms with E-state index in [-0.39, 0.29) is 5.41 Å². The molecule has 0 amide bonds. The molecule has 7 nitrogen and oxygen atoms in total. The van der Waals surface area contributed by atoms with Crippen LogP contribution in [0.4, 0.5) is 0 Å². The van der Waals surface area contributed by atoms with Gasteiger partial charge < -0.3 is 4.57 Å². The predicted molar refractivity (Wildman–Crippen MR) is 581 cm³/mol.